The Kier molecular flexibility index (Phi) is 3.81. The van der Waals surface area contributed by atoms with Crippen molar-refractivity contribution in [3.63, 3.8) is 0 Å². The van der Waals surface area contributed by atoms with Gasteiger partial charge >= 0.3 is 0 Å². The molecule has 0 radical (unpaired) electrons. The normalized spacial score (nSPS) is 10.8. The van der Waals surface area contributed by atoms with Crippen LogP contribution in [0.4, 0.5) is 4.39 Å². The van der Waals surface area contributed by atoms with Gasteiger partial charge in [-0.2, -0.15) is 5.10 Å². The number of nitrogens with two attached hydrogens (primary N) is 1. The van der Waals surface area contributed by atoms with Crippen LogP contribution in [-0.4, -0.2) is 16.3 Å². The molecule has 3 nitrogen and oxygen atoms in total. The number of aromatic nitrogens is 2. The second-order valence-electron chi connectivity index (χ2n) is 3.76. The molecule has 0 unspecified atom stereocenters. The first-order valence-electron chi connectivity index (χ1n) is 5.34. The van der Waals surface area contributed by atoms with Gasteiger partial charge < -0.3 is 5.73 Å². The Morgan fingerprint density at radius 2 is 2.29 bits per heavy atom. The first-order valence-corrected chi connectivity index (χ1v) is 6.15. The van der Waals surface area contributed by atoms with Crippen LogP contribution in [0.1, 0.15) is 5.56 Å². The maximum atomic E-state index is 13.8. The standard InChI is InChI=1S/C12H14FN3S/c1-16-8-10(7-15-16)17-12-3-2-9(4-5-14)6-11(12)13/h2-3,6-8H,4-5,14H2,1H3. The first-order chi connectivity index (χ1) is 8.19. The zero-order valence-corrected chi connectivity index (χ0v) is 10.4. The zero-order valence-electron chi connectivity index (χ0n) is 9.56. The van der Waals surface area contributed by atoms with Gasteiger partial charge in [0.05, 0.1) is 11.1 Å². The third-order valence-corrected chi connectivity index (χ3v) is 3.34. The van der Waals surface area contributed by atoms with Crippen molar-refractivity contribution in [2.75, 3.05) is 6.54 Å². The van der Waals surface area contributed by atoms with Gasteiger partial charge in [0.25, 0.3) is 0 Å². The van der Waals surface area contributed by atoms with E-state index in [-0.39, 0.29) is 5.82 Å². The van der Waals surface area contributed by atoms with Crippen LogP contribution in [0.25, 0.3) is 0 Å². The summed E-state index contributed by atoms with van der Waals surface area (Å²) < 4.78 is 15.5. The molecule has 0 aliphatic carbocycles. The molecule has 0 atom stereocenters. The zero-order chi connectivity index (χ0) is 12.3. The van der Waals surface area contributed by atoms with Crippen LogP contribution in [0.15, 0.2) is 40.4 Å². The van der Waals surface area contributed by atoms with Crippen LogP contribution in [0.3, 0.4) is 0 Å². The minimum Gasteiger partial charge on any atom is -0.330 e. The highest BCUT2D eigenvalue weighted by molar-refractivity contribution is 7.99. The fourth-order valence-electron chi connectivity index (χ4n) is 1.53. The Labute approximate surface area is 104 Å². The van der Waals surface area contributed by atoms with Crippen molar-refractivity contribution in [2.45, 2.75) is 16.2 Å². The van der Waals surface area contributed by atoms with Crippen molar-refractivity contribution >= 4 is 11.8 Å². The molecule has 1 aromatic carbocycles. The quantitative estimate of drug-likeness (QED) is 0.906. The molecule has 1 aromatic heterocycles. The lowest BCUT2D eigenvalue weighted by atomic mass is 10.1. The largest absolute Gasteiger partial charge is 0.330 e. The molecule has 0 saturated carbocycles. The summed E-state index contributed by atoms with van der Waals surface area (Å²) in [6.07, 6.45) is 4.28. The van der Waals surface area contributed by atoms with Gasteiger partial charge in [0.2, 0.25) is 0 Å². The van der Waals surface area contributed by atoms with Crippen LogP contribution in [0.5, 0.6) is 0 Å². The number of benzene rings is 1. The minimum absolute atomic E-state index is 0.204. The predicted octanol–water partition coefficient (Wildman–Crippen LogP) is 2.21. The number of aryl methyl sites for hydroxylation is 1. The van der Waals surface area contributed by atoms with Crippen molar-refractivity contribution in [3.8, 4) is 0 Å². The molecule has 0 amide bonds. The van der Waals surface area contributed by atoms with E-state index in [0.29, 0.717) is 17.9 Å². The summed E-state index contributed by atoms with van der Waals surface area (Å²) in [6.45, 7) is 0.536. The molecule has 2 N–H and O–H groups in total. The average molecular weight is 251 g/mol. The van der Waals surface area contributed by atoms with Gasteiger partial charge in [-0.3, -0.25) is 4.68 Å². The predicted molar refractivity (Wildman–Crippen MR) is 66.5 cm³/mol. The molecular formula is C12H14FN3S. The van der Waals surface area contributed by atoms with E-state index in [1.54, 1.807) is 23.0 Å². The summed E-state index contributed by atoms with van der Waals surface area (Å²) in [5, 5.41) is 4.05. The van der Waals surface area contributed by atoms with Gasteiger partial charge in [0.15, 0.2) is 0 Å². The Bertz CT molecular complexity index is 510. The first kappa shape index (κ1) is 12.1. The maximum absolute atomic E-state index is 13.8. The molecule has 0 spiro atoms. The van der Waals surface area contributed by atoms with E-state index < -0.39 is 0 Å². The smallest absolute Gasteiger partial charge is 0.137 e. The van der Waals surface area contributed by atoms with E-state index >= 15 is 0 Å². The number of nitrogens with zero attached hydrogens (tertiary/aromatic N) is 2. The van der Waals surface area contributed by atoms with Gasteiger partial charge in [-0.25, -0.2) is 4.39 Å². The molecule has 2 aromatic rings. The summed E-state index contributed by atoms with van der Waals surface area (Å²) in [5.74, 6) is -0.204. The van der Waals surface area contributed by atoms with Crippen molar-refractivity contribution in [1.82, 2.24) is 9.78 Å². The Hall–Kier alpha value is -1.33. The highest BCUT2D eigenvalue weighted by atomic mass is 32.2. The fraction of sp³-hybridized carbons (Fsp3) is 0.250. The van der Waals surface area contributed by atoms with E-state index in [9.17, 15) is 4.39 Å². The van der Waals surface area contributed by atoms with Gasteiger partial charge in [-0.1, -0.05) is 17.8 Å². The highest BCUT2D eigenvalue weighted by Crippen LogP contribution is 2.29. The SMILES string of the molecule is Cn1cc(Sc2ccc(CCN)cc2F)cn1. The third kappa shape index (κ3) is 3.08. The molecule has 0 bridgehead atoms. The molecule has 90 valence electrons. The number of rotatable bonds is 4. The lowest BCUT2D eigenvalue weighted by Gasteiger charge is -2.03. The molecule has 0 fully saturated rings. The molecule has 1 heterocycles. The Morgan fingerprint density at radius 1 is 1.47 bits per heavy atom. The fourth-order valence-corrected chi connectivity index (χ4v) is 2.38. The Balaban J connectivity index is 2.16. The summed E-state index contributed by atoms with van der Waals surface area (Å²) in [4.78, 5) is 1.54. The van der Waals surface area contributed by atoms with Crippen LogP contribution >= 0.6 is 11.8 Å². The van der Waals surface area contributed by atoms with Gasteiger partial charge in [-0.15, -0.1) is 0 Å². The van der Waals surface area contributed by atoms with Crippen molar-refractivity contribution in [2.24, 2.45) is 12.8 Å². The van der Waals surface area contributed by atoms with E-state index in [2.05, 4.69) is 5.10 Å². The van der Waals surface area contributed by atoms with E-state index in [1.807, 2.05) is 19.3 Å². The summed E-state index contributed by atoms with van der Waals surface area (Å²) in [5.41, 5.74) is 6.37. The van der Waals surface area contributed by atoms with Crippen LogP contribution < -0.4 is 5.73 Å². The van der Waals surface area contributed by atoms with Gasteiger partial charge in [-0.05, 0) is 30.7 Å². The molecule has 0 aliphatic heterocycles. The van der Waals surface area contributed by atoms with Crippen LogP contribution in [0.2, 0.25) is 0 Å². The molecule has 0 aliphatic rings. The van der Waals surface area contributed by atoms with Crippen molar-refractivity contribution < 1.29 is 4.39 Å². The third-order valence-electron chi connectivity index (χ3n) is 2.34. The molecule has 0 saturated heterocycles. The van der Waals surface area contributed by atoms with Gasteiger partial charge in [0.1, 0.15) is 5.82 Å². The van der Waals surface area contributed by atoms with E-state index in [4.69, 9.17) is 5.73 Å². The second kappa shape index (κ2) is 5.33. The highest BCUT2D eigenvalue weighted by Gasteiger charge is 2.06. The van der Waals surface area contributed by atoms with E-state index in [0.717, 1.165) is 10.5 Å². The summed E-state index contributed by atoms with van der Waals surface area (Å²) in [7, 11) is 1.84. The number of hydrogen-bond donors (Lipinski definition) is 1. The van der Waals surface area contributed by atoms with Crippen molar-refractivity contribution in [3.05, 3.63) is 42.0 Å². The molecular weight excluding hydrogens is 237 g/mol. The number of halogens is 1. The molecule has 17 heavy (non-hydrogen) atoms. The van der Waals surface area contributed by atoms with Crippen molar-refractivity contribution in [1.29, 1.82) is 0 Å². The average Bonchev–Trinajstić information content (AvgIpc) is 2.69. The van der Waals surface area contributed by atoms with Crippen LogP contribution in [-0.2, 0) is 13.5 Å². The maximum Gasteiger partial charge on any atom is 0.137 e. The monoisotopic (exact) mass is 251 g/mol. The minimum atomic E-state index is -0.204. The lowest BCUT2D eigenvalue weighted by Crippen LogP contribution is -2.02. The summed E-state index contributed by atoms with van der Waals surface area (Å²) in [6, 6.07) is 5.25. The van der Waals surface area contributed by atoms with Crippen LogP contribution in [0, 0.1) is 5.82 Å². The van der Waals surface area contributed by atoms with Gasteiger partial charge in [0, 0.05) is 18.1 Å². The van der Waals surface area contributed by atoms with E-state index in [1.165, 1.54) is 11.8 Å². The Morgan fingerprint density at radius 3 is 2.88 bits per heavy atom. The summed E-state index contributed by atoms with van der Waals surface area (Å²) >= 11 is 1.37. The number of hydrogen-bond acceptors (Lipinski definition) is 3. The second-order valence-corrected chi connectivity index (χ2v) is 4.87. The molecule has 5 heteroatoms. The molecule has 2 rings (SSSR count). The lowest BCUT2D eigenvalue weighted by molar-refractivity contribution is 0.599. The topological polar surface area (TPSA) is 43.8 Å².